The van der Waals surface area contributed by atoms with E-state index in [4.69, 9.17) is 4.74 Å². The summed E-state index contributed by atoms with van der Waals surface area (Å²) in [5, 5.41) is 0. The minimum atomic E-state index is -0.402. The molecule has 0 aromatic heterocycles. The van der Waals surface area contributed by atoms with E-state index in [0.29, 0.717) is 6.61 Å². The second-order valence-electron chi connectivity index (χ2n) is 3.29. The lowest BCUT2D eigenvalue weighted by Gasteiger charge is -2.10. The molecule has 0 saturated carbocycles. The number of amides is 1. The summed E-state index contributed by atoms with van der Waals surface area (Å²) >= 11 is 0. The zero-order chi connectivity index (χ0) is 10.1. The predicted octanol–water partition coefficient (Wildman–Crippen LogP) is 2.58. The van der Waals surface area contributed by atoms with Crippen LogP contribution in [0.3, 0.4) is 0 Å². The molecule has 0 aliphatic carbocycles. The highest BCUT2D eigenvalue weighted by atomic mass is 35.5. The van der Waals surface area contributed by atoms with Gasteiger partial charge in [-0.2, -0.15) is 0 Å². The van der Waals surface area contributed by atoms with Crippen LogP contribution in [0.5, 0.6) is 0 Å². The van der Waals surface area contributed by atoms with E-state index in [2.05, 4.69) is 0 Å². The molecule has 0 fully saturated rings. The number of nitrogens with zero attached hydrogens (tertiary/aromatic N) is 1. The average molecular weight is 264 g/mol. The van der Waals surface area contributed by atoms with E-state index in [1.807, 2.05) is 31.2 Å². The van der Waals surface area contributed by atoms with E-state index in [-0.39, 0.29) is 30.7 Å². The van der Waals surface area contributed by atoms with Gasteiger partial charge in [-0.05, 0) is 13.0 Å². The largest absolute Gasteiger partial charge is 0.364 e. The Kier molecular flexibility index (Phi) is 5.79. The number of likely N-dealkylation sites (N-methyl/N-ethyl adjacent to an activating group) is 1. The maximum absolute atomic E-state index is 11.8. The molecule has 0 N–H and O–H groups in total. The molecule has 1 aliphatic rings. The van der Waals surface area contributed by atoms with Crippen molar-refractivity contribution in [3.8, 4) is 0 Å². The Hall–Kier alpha value is -0.770. The molecule has 1 aromatic carbocycles. The lowest BCUT2D eigenvalue weighted by atomic mass is 10.1. The molecular weight excluding hydrogens is 249 g/mol. The van der Waals surface area contributed by atoms with Crippen LogP contribution >= 0.6 is 24.8 Å². The van der Waals surface area contributed by atoms with Crippen LogP contribution in [-0.2, 0) is 9.53 Å². The molecule has 1 unspecified atom stereocenters. The van der Waals surface area contributed by atoms with Gasteiger partial charge in [0.15, 0.2) is 6.10 Å². The van der Waals surface area contributed by atoms with Gasteiger partial charge in [-0.15, -0.1) is 24.8 Å². The Morgan fingerprint density at radius 2 is 1.94 bits per heavy atom. The van der Waals surface area contributed by atoms with E-state index < -0.39 is 6.10 Å². The number of carbonyl (C=O) groups is 1. The summed E-state index contributed by atoms with van der Waals surface area (Å²) in [6.45, 7) is 2.45. The number of fused-ring (bicyclic) bond motifs is 1. The molecule has 0 bridgehead atoms. The minimum Gasteiger partial charge on any atom is -0.364 e. The molecule has 0 radical (unpaired) electrons. The van der Waals surface area contributed by atoms with Crippen LogP contribution in [0.2, 0.25) is 0 Å². The van der Waals surface area contributed by atoms with Crippen molar-refractivity contribution >= 4 is 36.4 Å². The molecule has 5 heteroatoms. The normalized spacial score (nSPS) is 17.5. The highest BCUT2D eigenvalue weighted by Crippen LogP contribution is 2.36. The fourth-order valence-electron chi connectivity index (χ4n) is 1.77. The standard InChI is InChI=1S/C11H13NO2.2ClH/c1-3-14-10-8-6-4-5-7-9(8)12(2)11(10)13;;/h4-7,10H,3H2,1-2H3;2*1H. The molecule has 16 heavy (non-hydrogen) atoms. The second-order valence-corrected chi connectivity index (χ2v) is 3.29. The zero-order valence-corrected chi connectivity index (χ0v) is 10.8. The molecule has 0 spiro atoms. The average Bonchev–Trinajstić information content (AvgIpc) is 2.45. The summed E-state index contributed by atoms with van der Waals surface area (Å²) in [5.74, 6) is 0.0213. The summed E-state index contributed by atoms with van der Waals surface area (Å²) in [6, 6.07) is 7.73. The lowest BCUT2D eigenvalue weighted by molar-refractivity contribution is -0.128. The van der Waals surface area contributed by atoms with E-state index >= 15 is 0 Å². The van der Waals surface area contributed by atoms with Crippen molar-refractivity contribution in [1.82, 2.24) is 0 Å². The number of carbonyl (C=O) groups excluding carboxylic acids is 1. The molecular formula is C11H15Cl2NO2. The van der Waals surface area contributed by atoms with Crippen LogP contribution in [0.1, 0.15) is 18.6 Å². The van der Waals surface area contributed by atoms with Crippen molar-refractivity contribution in [1.29, 1.82) is 0 Å². The Morgan fingerprint density at radius 1 is 1.31 bits per heavy atom. The molecule has 1 atom stereocenters. The first-order chi connectivity index (χ1) is 6.75. The maximum atomic E-state index is 11.8. The molecule has 0 saturated heterocycles. The van der Waals surface area contributed by atoms with Crippen molar-refractivity contribution in [3.05, 3.63) is 29.8 Å². The second kappa shape index (κ2) is 6.09. The number of para-hydroxylation sites is 1. The van der Waals surface area contributed by atoms with E-state index in [1.165, 1.54) is 0 Å². The van der Waals surface area contributed by atoms with Crippen molar-refractivity contribution in [2.45, 2.75) is 13.0 Å². The first-order valence-electron chi connectivity index (χ1n) is 4.73. The monoisotopic (exact) mass is 263 g/mol. The predicted molar refractivity (Wildman–Crippen MR) is 68.7 cm³/mol. The molecule has 1 aliphatic heterocycles. The molecule has 90 valence electrons. The number of hydrogen-bond acceptors (Lipinski definition) is 2. The van der Waals surface area contributed by atoms with Gasteiger partial charge in [-0.3, -0.25) is 4.79 Å². The number of anilines is 1. The Morgan fingerprint density at radius 3 is 2.56 bits per heavy atom. The SMILES string of the molecule is CCOC1C(=O)N(C)c2ccccc21.Cl.Cl. The van der Waals surface area contributed by atoms with E-state index in [0.717, 1.165) is 11.3 Å². The van der Waals surface area contributed by atoms with Crippen LogP contribution in [0.15, 0.2) is 24.3 Å². The summed E-state index contributed by atoms with van der Waals surface area (Å²) in [6.07, 6.45) is -0.402. The van der Waals surface area contributed by atoms with Crippen molar-refractivity contribution in [3.63, 3.8) is 0 Å². The van der Waals surface area contributed by atoms with Gasteiger partial charge in [0.1, 0.15) is 0 Å². The topological polar surface area (TPSA) is 29.5 Å². The van der Waals surface area contributed by atoms with E-state index in [1.54, 1.807) is 11.9 Å². The fraction of sp³-hybridized carbons (Fsp3) is 0.364. The van der Waals surface area contributed by atoms with Gasteiger partial charge in [0.2, 0.25) is 0 Å². The summed E-state index contributed by atoms with van der Waals surface area (Å²) in [7, 11) is 1.78. The van der Waals surface area contributed by atoms with Crippen LogP contribution in [0.4, 0.5) is 5.69 Å². The van der Waals surface area contributed by atoms with Crippen LogP contribution in [-0.4, -0.2) is 19.6 Å². The van der Waals surface area contributed by atoms with Gasteiger partial charge in [-0.25, -0.2) is 0 Å². The van der Waals surface area contributed by atoms with Crippen LogP contribution in [0, 0.1) is 0 Å². The van der Waals surface area contributed by atoms with Crippen LogP contribution in [0.25, 0.3) is 0 Å². The van der Waals surface area contributed by atoms with Gasteiger partial charge < -0.3 is 9.64 Å². The first kappa shape index (κ1) is 15.2. The number of hydrogen-bond donors (Lipinski definition) is 0. The Labute approximate surface area is 108 Å². The number of ether oxygens (including phenoxy) is 1. The minimum absolute atomic E-state index is 0. The summed E-state index contributed by atoms with van der Waals surface area (Å²) < 4.78 is 5.42. The van der Waals surface area contributed by atoms with Crippen molar-refractivity contribution in [2.75, 3.05) is 18.6 Å². The molecule has 2 rings (SSSR count). The molecule has 1 aromatic rings. The third-order valence-electron chi connectivity index (χ3n) is 2.47. The Bertz CT molecular complexity index is 371. The van der Waals surface area contributed by atoms with E-state index in [9.17, 15) is 4.79 Å². The number of halogens is 2. The van der Waals surface area contributed by atoms with Crippen molar-refractivity contribution in [2.24, 2.45) is 0 Å². The Balaban J connectivity index is 0.00000112. The third-order valence-corrected chi connectivity index (χ3v) is 2.47. The third kappa shape index (κ3) is 2.32. The molecule has 3 nitrogen and oxygen atoms in total. The van der Waals surface area contributed by atoms with Crippen molar-refractivity contribution < 1.29 is 9.53 Å². The van der Waals surface area contributed by atoms with Gasteiger partial charge in [0, 0.05) is 24.9 Å². The van der Waals surface area contributed by atoms with Gasteiger partial charge >= 0.3 is 0 Å². The van der Waals surface area contributed by atoms with Gasteiger partial charge in [0.25, 0.3) is 5.91 Å². The first-order valence-corrected chi connectivity index (χ1v) is 4.73. The lowest BCUT2D eigenvalue weighted by Crippen LogP contribution is -2.25. The van der Waals surface area contributed by atoms with Gasteiger partial charge in [0.05, 0.1) is 0 Å². The zero-order valence-electron chi connectivity index (χ0n) is 9.17. The maximum Gasteiger partial charge on any atom is 0.260 e. The highest BCUT2D eigenvalue weighted by molar-refractivity contribution is 6.03. The highest BCUT2D eigenvalue weighted by Gasteiger charge is 2.35. The quantitative estimate of drug-likeness (QED) is 0.821. The summed E-state index contributed by atoms with van der Waals surface area (Å²) in [5.41, 5.74) is 1.93. The molecule has 1 heterocycles. The number of rotatable bonds is 2. The molecule has 1 amide bonds. The van der Waals surface area contributed by atoms with Gasteiger partial charge in [-0.1, -0.05) is 18.2 Å². The fourth-order valence-corrected chi connectivity index (χ4v) is 1.77. The van der Waals surface area contributed by atoms with Crippen LogP contribution < -0.4 is 4.90 Å². The smallest absolute Gasteiger partial charge is 0.260 e. The number of benzene rings is 1. The summed E-state index contributed by atoms with van der Waals surface area (Å²) in [4.78, 5) is 13.4.